The molecule has 0 atom stereocenters. The van der Waals surface area contributed by atoms with Crippen LogP contribution in [0.1, 0.15) is 10.4 Å². The number of thiazole rings is 1. The fourth-order valence-electron chi connectivity index (χ4n) is 1.77. The van der Waals surface area contributed by atoms with Gasteiger partial charge in [-0.1, -0.05) is 6.07 Å². The first-order valence-electron chi connectivity index (χ1n) is 6.11. The van der Waals surface area contributed by atoms with E-state index in [1.54, 1.807) is 5.38 Å². The average Bonchev–Trinajstić information content (AvgIpc) is 3.19. The molecular formula is C14H6F4N2OS2. The number of nitrogens with zero attached hydrogens (tertiary/aromatic N) is 1. The summed E-state index contributed by atoms with van der Waals surface area (Å²) >= 11 is 2.51. The zero-order valence-corrected chi connectivity index (χ0v) is 12.7. The van der Waals surface area contributed by atoms with Gasteiger partial charge in [0.25, 0.3) is 5.91 Å². The highest BCUT2D eigenvalue weighted by Gasteiger charge is 2.23. The molecule has 1 N–H and O–H groups in total. The molecular weight excluding hydrogens is 352 g/mol. The van der Waals surface area contributed by atoms with Crippen molar-refractivity contribution in [1.29, 1.82) is 0 Å². The summed E-state index contributed by atoms with van der Waals surface area (Å²) in [6, 6.07) is 3.96. The van der Waals surface area contributed by atoms with Gasteiger partial charge >= 0.3 is 0 Å². The molecule has 0 bridgehead atoms. The maximum atomic E-state index is 13.6. The largest absolute Gasteiger partial charge is 0.298 e. The van der Waals surface area contributed by atoms with E-state index in [1.165, 1.54) is 11.3 Å². The third kappa shape index (κ3) is 2.97. The minimum Gasteiger partial charge on any atom is -0.298 e. The number of carbonyl (C=O) groups excluding carboxylic acids is 1. The van der Waals surface area contributed by atoms with Gasteiger partial charge in [-0.05, 0) is 17.5 Å². The topological polar surface area (TPSA) is 42.0 Å². The van der Waals surface area contributed by atoms with Crippen LogP contribution in [0.2, 0.25) is 0 Å². The molecule has 0 aliphatic carbocycles. The Labute approximate surface area is 135 Å². The van der Waals surface area contributed by atoms with E-state index in [1.807, 2.05) is 17.5 Å². The Hall–Kier alpha value is -2.26. The van der Waals surface area contributed by atoms with Crippen molar-refractivity contribution >= 4 is 33.7 Å². The molecule has 0 aliphatic heterocycles. The van der Waals surface area contributed by atoms with Gasteiger partial charge in [-0.3, -0.25) is 10.1 Å². The second-order valence-corrected chi connectivity index (χ2v) is 6.12. The monoisotopic (exact) mass is 358 g/mol. The van der Waals surface area contributed by atoms with Gasteiger partial charge in [0.05, 0.1) is 16.1 Å². The molecule has 0 unspecified atom stereocenters. The van der Waals surface area contributed by atoms with E-state index in [0.29, 0.717) is 11.8 Å². The summed E-state index contributed by atoms with van der Waals surface area (Å²) in [5.41, 5.74) is -0.327. The quantitative estimate of drug-likeness (QED) is 0.420. The SMILES string of the molecule is O=C(Nc1nc(-c2cccs2)cs1)c1cc(F)c(F)c(F)c1F. The maximum Gasteiger partial charge on any atom is 0.260 e. The normalized spacial score (nSPS) is 10.8. The minimum atomic E-state index is -2.03. The van der Waals surface area contributed by atoms with Gasteiger partial charge in [0.15, 0.2) is 28.4 Å². The Morgan fingerprint density at radius 3 is 2.57 bits per heavy atom. The van der Waals surface area contributed by atoms with Crippen LogP contribution < -0.4 is 5.32 Å². The number of aromatic nitrogens is 1. The molecule has 3 nitrogen and oxygen atoms in total. The van der Waals surface area contributed by atoms with Gasteiger partial charge in [0, 0.05) is 5.38 Å². The first-order chi connectivity index (χ1) is 11.0. The molecule has 1 amide bonds. The van der Waals surface area contributed by atoms with Gasteiger partial charge in [0.1, 0.15) is 0 Å². The molecule has 2 heterocycles. The van der Waals surface area contributed by atoms with Crippen LogP contribution in [0.5, 0.6) is 0 Å². The lowest BCUT2D eigenvalue weighted by Crippen LogP contribution is -2.16. The Bertz CT molecular complexity index is 877. The van der Waals surface area contributed by atoms with Crippen molar-refractivity contribution in [3.05, 3.63) is 57.8 Å². The van der Waals surface area contributed by atoms with Gasteiger partial charge in [-0.15, -0.1) is 22.7 Å². The van der Waals surface area contributed by atoms with E-state index in [2.05, 4.69) is 10.3 Å². The van der Waals surface area contributed by atoms with E-state index in [4.69, 9.17) is 0 Å². The average molecular weight is 358 g/mol. The van der Waals surface area contributed by atoms with Crippen LogP contribution in [0.15, 0.2) is 29.0 Å². The third-order valence-corrected chi connectivity index (χ3v) is 4.50. The van der Waals surface area contributed by atoms with Gasteiger partial charge in [0.2, 0.25) is 0 Å². The number of halogens is 4. The van der Waals surface area contributed by atoms with Crippen LogP contribution in [0.4, 0.5) is 22.7 Å². The predicted molar refractivity (Wildman–Crippen MR) is 79.7 cm³/mol. The van der Waals surface area contributed by atoms with E-state index >= 15 is 0 Å². The molecule has 118 valence electrons. The van der Waals surface area contributed by atoms with Crippen LogP contribution in [-0.2, 0) is 0 Å². The standard InChI is InChI=1S/C14H6F4N2OS2/c15-7-4-6(10(16)12(18)11(7)17)13(21)20-14-19-8(5-23-14)9-2-1-3-22-9/h1-5H,(H,19,20,21). The van der Waals surface area contributed by atoms with Crippen LogP contribution >= 0.6 is 22.7 Å². The highest BCUT2D eigenvalue weighted by molar-refractivity contribution is 7.16. The summed E-state index contributed by atoms with van der Waals surface area (Å²) < 4.78 is 52.8. The number of anilines is 1. The van der Waals surface area contributed by atoms with E-state index in [-0.39, 0.29) is 5.13 Å². The molecule has 3 aromatic rings. The fraction of sp³-hybridized carbons (Fsp3) is 0. The molecule has 3 rings (SSSR count). The number of hydrogen-bond acceptors (Lipinski definition) is 4. The Balaban J connectivity index is 1.86. The minimum absolute atomic E-state index is 0.128. The van der Waals surface area contributed by atoms with E-state index < -0.39 is 34.7 Å². The summed E-state index contributed by atoms with van der Waals surface area (Å²) in [5.74, 6) is -8.52. The molecule has 23 heavy (non-hydrogen) atoms. The molecule has 0 fully saturated rings. The van der Waals surface area contributed by atoms with E-state index in [9.17, 15) is 22.4 Å². The van der Waals surface area contributed by atoms with Gasteiger partial charge in [-0.2, -0.15) is 0 Å². The second-order valence-electron chi connectivity index (χ2n) is 4.32. The first kappa shape index (κ1) is 15.6. The first-order valence-corrected chi connectivity index (χ1v) is 7.87. The molecule has 2 aromatic heterocycles. The third-order valence-electron chi connectivity index (χ3n) is 2.85. The number of carbonyl (C=O) groups is 1. The van der Waals surface area contributed by atoms with Crippen LogP contribution in [-0.4, -0.2) is 10.9 Å². The van der Waals surface area contributed by atoms with Crippen molar-refractivity contribution < 1.29 is 22.4 Å². The summed E-state index contributed by atoms with van der Waals surface area (Å²) in [6.45, 7) is 0. The second kappa shape index (κ2) is 6.09. The summed E-state index contributed by atoms with van der Waals surface area (Å²) in [4.78, 5) is 16.9. The predicted octanol–water partition coefficient (Wildman–Crippen LogP) is 4.68. The molecule has 0 aliphatic rings. The number of thiophene rings is 1. The summed E-state index contributed by atoms with van der Waals surface area (Å²) in [6.07, 6.45) is 0. The molecule has 0 radical (unpaired) electrons. The Morgan fingerprint density at radius 1 is 1.09 bits per heavy atom. The summed E-state index contributed by atoms with van der Waals surface area (Å²) in [7, 11) is 0. The van der Waals surface area contributed by atoms with Crippen molar-refractivity contribution in [1.82, 2.24) is 4.98 Å². The number of nitrogens with one attached hydrogen (secondary N) is 1. The highest BCUT2D eigenvalue weighted by Crippen LogP contribution is 2.28. The fourth-order valence-corrected chi connectivity index (χ4v) is 3.24. The molecule has 0 spiro atoms. The van der Waals surface area contributed by atoms with Crippen molar-refractivity contribution in [3.63, 3.8) is 0 Å². The van der Waals surface area contributed by atoms with Crippen molar-refractivity contribution in [2.45, 2.75) is 0 Å². The zero-order chi connectivity index (χ0) is 16.6. The lowest BCUT2D eigenvalue weighted by Gasteiger charge is -2.05. The highest BCUT2D eigenvalue weighted by atomic mass is 32.1. The molecule has 0 saturated carbocycles. The molecule has 9 heteroatoms. The number of hydrogen-bond donors (Lipinski definition) is 1. The number of rotatable bonds is 3. The smallest absolute Gasteiger partial charge is 0.260 e. The molecule has 0 saturated heterocycles. The summed E-state index contributed by atoms with van der Waals surface area (Å²) in [5, 5.41) is 5.88. The Kier molecular flexibility index (Phi) is 4.14. The lowest BCUT2D eigenvalue weighted by atomic mass is 10.1. The van der Waals surface area contributed by atoms with Crippen LogP contribution in [0.25, 0.3) is 10.6 Å². The lowest BCUT2D eigenvalue weighted by molar-refractivity contribution is 0.102. The van der Waals surface area contributed by atoms with Crippen molar-refractivity contribution in [3.8, 4) is 10.6 Å². The van der Waals surface area contributed by atoms with Gasteiger partial charge < -0.3 is 0 Å². The maximum absolute atomic E-state index is 13.6. The number of amides is 1. The Morgan fingerprint density at radius 2 is 1.87 bits per heavy atom. The number of benzene rings is 1. The zero-order valence-electron chi connectivity index (χ0n) is 11.1. The molecule has 1 aromatic carbocycles. The van der Waals surface area contributed by atoms with Crippen molar-refractivity contribution in [2.24, 2.45) is 0 Å². The van der Waals surface area contributed by atoms with Gasteiger partial charge in [-0.25, -0.2) is 22.5 Å². The van der Waals surface area contributed by atoms with Crippen molar-refractivity contribution in [2.75, 3.05) is 5.32 Å². The van der Waals surface area contributed by atoms with Crippen LogP contribution in [0, 0.1) is 23.3 Å². The van der Waals surface area contributed by atoms with Crippen LogP contribution in [0.3, 0.4) is 0 Å². The van der Waals surface area contributed by atoms with E-state index in [0.717, 1.165) is 16.2 Å².